The minimum Gasteiger partial charge on any atom is -0.370 e. The normalized spacial score (nSPS) is 24.9. The second-order valence-electron chi connectivity index (χ2n) is 7.67. The number of nitrogens with zero attached hydrogens (tertiary/aromatic N) is 3. The van der Waals surface area contributed by atoms with Crippen molar-refractivity contribution in [3.8, 4) is 0 Å². The highest BCUT2D eigenvalue weighted by molar-refractivity contribution is 5.94. The van der Waals surface area contributed by atoms with Gasteiger partial charge in [-0.25, -0.2) is 9.97 Å². The van der Waals surface area contributed by atoms with Crippen LogP contribution in [0, 0.1) is 0 Å². The molecule has 4 rings (SSSR count). The van der Waals surface area contributed by atoms with Gasteiger partial charge in [0.05, 0.1) is 12.2 Å². The van der Waals surface area contributed by atoms with Crippen LogP contribution in [0.4, 0.5) is 5.95 Å². The van der Waals surface area contributed by atoms with E-state index in [2.05, 4.69) is 27.1 Å². The molecule has 2 fully saturated rings. The quantitative estimate of drug-likeness (QED) is 0.860. The van der Waals surface area contributed by atoms with Gasteiger partial charge in [-0.15, -0.1) is 0 Å². The predicted molar refractivity (Wildman–Crippen MR) is 108 cm³/mol. The first-order valence-electron chi connectivity index (χ1n) is 10.3. The van der Waals surface area contributed by atoms with Gasteiger partial charge < -0.3 is 15.0 Å². The summed E-state index contributed by atoms with van der Waals surface area (Å²) in [6, 6.07) is 9.45. The summed E-state index contributed by atoms with van der Waals surface area (Å²) >= 11 is 0. The van der Waals surface area contributed by atoms with E-state index in [1.807, 2.05) is 42.7 Å². The number of nitrogens with one attached hydrogen (secondary N) is 1. The first kappa shape index (κ1) is 18.9. The lowest BCUT2D eigenvalue weighted by Crippen LogP contribution is -2.43. The van der Waals surface area contributed by atoms with E-state index in [1.54, 1.807) is 0 Å². The van der Waals surface area contributed by atoms with Crippen molar-refractivity contribution in [2.45, 2.75) is 57.3 Å². The lowest BCUT2D eigenvalue weighted by atomic mass is 9.94. The zero-order chi connectivity index (χ0) is 19.3. The monoisotopic (exact) mass is 380 g/mol. The highest BCUT2D eigenvalue weighted by atomic mass is 16.5. The van der Waals surface area contributed by atoms with Crippen LogP contribution in [0.1, 0.15) is 61.1 Å². The Hall–Kier alpha value is -2.47. The summed E-state index contributed by atoms with van der Waals surface area (Å²) in [6.07, 6.45) is 8.71. The number of amides is 1. The summed E-state index contributed by atoms with van der Waals surface area (Å²) in [5, 5.41) is 3.19. The largest absolute Gasteiger partial charge is 0.370 e. The van der Waals surface area contributed by atoms with Crippen LogP contribution in [-0.2, 0) is 4.74 Å². The first-order chi connectivity index (χ1) is 13.7. The molecule has 3 heterocycles. The van der Waals surface area contributed by atoms with E-state index < -0.39 is 0 Å². The van der Waals surface area contributed by atoms with Gasteiger partial charge in [0.2, 0.25) is 5.95 Å². The van der Waals surface area contributed by atoms with Crippen LogP contribution in [-0.4, -0.2) is 41.1 Å². The fraction of sp³-hybridized carbons (Fsp3) is 0.500. The summed E-state index contributed by atoms with van der Waals surface area (Å²) in [5.41, 5.74) is 1.68. The Morgan fingerprint density at radius 2 is 1.86 bits per heavy atom. The van der Waals surface area contributed by atoms with Crippen LogP contribution in [0.2, 0.25) is 0 Å². The second-order valence-corrected chi connectivity index (χ2v) is 7.67. The molecule has 6 heteroatoms. The van der Waals surface area contributed by atoms with Gasteiger partial charge in [0.1, 0.15) is 0 Å². The summed E-state index contributed by atoms with van der Waals surface area (Å²) in [5.74, 6) is 0.778. The Labute approximate surface area is 166 Å². The standard InChI is InChI=1S/C22H28N4O2/c1-2-19-12-18(25-21(27)16-8-4-3-5-9-16)13-20(28-19)17-14-23-22(24-15-17)26-10-6-7-11-26/h3-5,8-9,14-15,18-20H,2,6-7,10-13H2,1H3,(H,25,27)/t18-,19+,20+/m1/s1. The molecule has 1 aromatic heterocycles. The maximum absolute atomic E-state index is 12.6. The van der Waals surface area contributed by atoms with Crippen molar-refractivity contribution in [1.29, 1.82) is 0 Å². The molecule has 6 nitrogen and oxygen atoms in total. The average Bonchev–Trinajstić information content (AvgIpc) is 3.29. The van der Waals surface area contributed by atoms with Gasteiger partial charge in [0.25, 0.3) is 5.91 Å². The Morgan fingerprint density at radius 1 is 1.14 bits per heavy atom. The number of anilines is 1. The molecule has 2 aliphatic heterocycles. The molecule has 0 saturated carbocycles. The Morgan fingerprint density at radius 3 is 2.54 bits per heavy atom. The van der Waals surface area contributed by atoms with E-state index in [9.17, 15) is 4.79 Å². The molecule has 2 aromatic rings. The van der Waals surface area contributed by atoms with Gasteiger partial charge in [0, 0.05) is 42.7 Å². The van der Waals surface area contributed by atoms with Crippen molar-refractivity contribution in [2.24, 2.45) is 0 Å². The molecule has 1 amide bonds. The number of rotatable bonds is 5. The third kappa shape index (κ3) is 4.33. The number of ether oxygens (including phenoxy) is 1. The molecular formula is C22H28N4O2. The van der Waals surface area contributed by atoms with E-state index in [0.717, 1.165) is 43.9 Å². The fourth-order valence-corrected chi connectivity index (χ4v) is 4.05. The molecule has 0 radical (unpaired) electrons. The summed E-state index contributed by atoms with van der Waals surface area (Å²) in [6.45, 7) is 4.19. The molecule has 28 heavy (non-hydrogen) atoms. The van der Waals surface area contributed by atoms with Crippen molar-refractivity contribution < 1.29 is 9.53 Å². The maximum Gasteiger partial charge on any atom is 0.251 e. The number of aromatic nitrogens is 2. The van der Waals surface area contributed by atoms with Crippen LogP contribution >= 0.6 is 0 Å². The molecule has 1 aromatic carbocycles. The molecule has 3 atom stereocenters. The van der Waals surface area contributed by atoms with Gasteiger partial charge in [-0.3, -0.25) is 4.79 Å². The minimum atomic E-state index is -0.0904. The summed E-state index contributed by atoms with van der Waals surface area (Å²) in [7, 11) is 0. The third-order valence-corrected chi connectivity index (χ3v) is 5.65. The van der Waals surface area contributed by atoms with Gasteiger partial charge in [-0.2, -0.15) is 0 Å². The zero-order valence-electron chi connectivity index (χ0n) is 16.4. The molecule has 0 spiro atoms. The van der Waals surface area contributed by atoms with Crippen molar-refractivity contribution in [3.05, 3.63) is 53.9 Å². The number of benzene rings is 1. The van der Waals surface area contributed by atoms with E-state index >= 15 is 0 Å². The van der Waals surface area contributed by atoms with E-state index in [0.29, 0.717) is 5.56 Å². The molecule has 0 unspecified atom stereocenters. The van der Waals surface area contributed by atoms with Crippen molar-refractivity contribution >= 4 is 11.9 Å². The maximum atomic E-state index is 12.6. The molecule has 148 valence electrons. The van der Waals surface area contributed by atoms with Crippen molar-refractivity contribution in [1.82, 2.24) is 15.3 Å². The number of carbonyl (C=O) groups is 1. The lowest BCUT2D eigenvalue weighted by Gasteiger charge is -2.35. The van der Waals surface area contributed by atoms with E-state index in [-0.39, 0.29) is 24.2 Å². The highest BCUT2D eigenvalue weighted by Crippen LogP contribution is 2.32. The van der Waals surface area contributed by atoms with Gasteiger partial charge in [-0.1, -0.05) is 25.1 Å². The minimum absolute atomic E-state index is 0.0262. The first-order valence-corrected chi connectivity index (χ1v) is 10.3. The summed E-state index contributed by atoms with van der Waals surface area (Å²) < 4.78 is 6.26. The van der Waals surface area contributed by atoms with E-state index in [4.69, 9.17) is 4.74 Å². The third-order valence-electron chi connectivity index (χ3n) is 5.65. The van der Waals surface area contributed by atoms with Crippen LogP contribution in [0.3, 0.4) is 0 Å². The van der Waals surface area contributed by atoms with E-state index in [1.165, 1.54) is 12.8 Å². The van der Waals surface area contributed by atoms with Gasteiger partial charge in [-0.05, 0) is 44.2 Å². The highest BCUT2D eigenvalue weighted by Gasteiger charge is 2.31. The summed E-state index contributed by atoms with van der Waals surface area (Å²) in [4.78, 5) is 23.9. The average molecular weight is 380 g/mol. The SMILES string of the molecule is CC[C@H]1C[C@@H](NC(=O)c2ccccc2)C[C@@H](c2cnc(N3CCCC3)nc2)O1. The second kappa shape index (κ2) is 8.69. The molecule has 2 aliphatic rings. The molecule has 2 saturated heterocycles. The Bertz CT molecular complexity index is 775. The molecule has 0 bridgehead atoms. The van der Waals surface area contributed by atoms with Crippen LogP contribution in [0.5, 0.6) is 0 Å². The van der Waals surface area contributed by atoms with Crippen LogP contribution in [0.15, 0.2) is 42.7 Å². The van der Waals surface area contributed by atoms with Crippen molar-refractivity contribution in [2.75, 3.05) is 18.0 Å². The van der Waals surface area contributed by atoms with Gasteiger partial charge in [0.15, 0.2) is 0 Å². The fourth-order valence-electron chi connectivity index (χ4n) is 4.05. The number of hydrogen-bond donors (Lipinski definition) is 1. The van der Waals surface area contributed by atoms with Crippen LogP contribution in [0.25, 0.3) is 0 Å². The predicted octanol–water partition coefficient (Wildman–Crippen LogP) is 3.51. The molecule has 1 N–H and O–H groups in total. The van der Waals surface area contributed by atoms with Crippen LogP contribution < -0.4 is 10.2 Å². The zero-order valence-corrected chi connectivity index (χ0v) is 16.4. The smallest absolute Gasteiger partial charge is 0.251 e. The Balaban J connectivity index is 1.44. The topological polar surface area (TPSA) is 67.4 Å². The number of hydrogen-bond acceptors (Lipinski definition) is 5. The lowest BCUT2D eigenvalue weighted by molar-refractivity contribution is -0.0635. The number of carbonyl (C=O) groups excluding carboxylic acids is 1. The Kier molecular flexibility index (Phi) is 5.86. The molecular weight excluding hydrogens is 352 g/mol. The van der Waals surface area contributed by atoms with Crippen molar-refractivity contribution in [3.63, 3.8) is 0 Å². The van der Waals surface area contributed by atoms with Gasteiger partial charge >= 0.3 is 0 Å². The molecule has 0 aliphatic carbocycles.